The minimum absolute atomic E-state index is 0.430. The summed E-state index contributed by atoms with van der Waals surface area (Å²) in [7, 11) is 0. The number of hydrogen-bond acceptors (Lipinski definition) is 5. The van der Waals surface area contributed by atoms with E-state index in [1.807, 2.05) is 6.07 Å². The Labute approximate surface area is 160 Å². The first-order chi connectivity index (χ1) is 13.2. The molecule has 1 N–H and O–H groups in total. The average Bonchev–Trinajstić information content (AvgIpc) is 3.12. The van der Waals surface area contributed by atoms with Crippen molar-refractivity contribution in [3.8, 4) is 0 Å². The smallest absolute Gasteiger partial charge is 0.223 e. The lowest BCUT2D eigenvalue weighted by atomic mass is 10.2. The highest BCUT2D eigenvalue weighted by atomic mass is 16.5. The van der Waals surface area contributed by atoms with Gasteiger partial charge in [0.15, 0.2) is 11.8 Å². The van der Waals surface area contributed by atoms with E-state index in [-0.39, 0.29) is 0 Å². The van der Waals surface area contributed by atoms with Crippen LogP contribution >= 0.6 is 0 Å². The summed E-state index contributed by atoms with van der Waals surface area (Å²) in [5.74, 6) is 2.11. The van der Waals surface area contributed by atoms with Crippen molar-refractivity contribution in [1.82, 2.24) is 25.3 Å². The van der Waals surface area contributed by atoms with E-state index in [0.29, 0.717) is 18.3 Å². The van der Waals surface area contributed by atoms with Crippen LogP contribution in [0.15, 0.2) is 45.9 Å². The van der Waals surface area contributed by atoms with Gasteiger partial charge in [0.2, 0.25) is 5.89 Å². The fourth-order valence-electron chi connectivity index (χ4n) is 3.02. The zero-order valence-corrected chi connectivity index (χ0v) is 16.1. The Balaban J connectivity index is 1.49. The molecule has 1 aromatic heterocycles. The molecule has 0 atom stereocenters. The van der Waals surface area contributed by atoms with Crippen LogP contribution in [0.4, 0.5) is 0 Å². The Bertz CT molecular complexity index is 747. The lowest BCUT2D eigenvalue weighted by Crippen LogP contribution is -2.52. The third-order valence-electron chi connectivity index (χ3n) is 4.42. The average molecular weight is 368 g/mol. The molecule has 2 heterocycles. The SMILES string of the molecule is CCNC(=NCc1noc(C)n1)N1CCN(CC=Cc2ccccc2)CC1. The van der Waals surface area contributed by atoms with Crippen LogP contribution in [0.5, 0.6) is 0 Å². The standard InChI is InChI=1S/C20H28N6O/c1-3-21-20(22-16-19-23-17(2)27-24-19)26-14-12-25(13-15-26)11-7-10-18-8-5-4-6-9-18/h4-10H,3,11-16H2,1-2H3,(H,21,22). The second-order valence-electron chi connectivity index (χ2n) is 6.50. The second-order valence-corrected chi connectivity index (χ2v) is 6.50. The summed E-state index contributed by atoms with van der Waals surface area (Å²) in [4.78, 5) is 13.6. The van der Waals surface area contributed by atoms with Crippen molar-refractivity contribution in [2.45, 2.75) is 20.4 Å². The number of rotatable bonds is 6. The Morgan fingerprint density at radius 3 is 2.67 bits per heavy atom. The molecule has 1 aromatic carbocycles. The fourth-order valence-corrected chi connectivity index (χ4v) is 3.02. The van der Waals surface area contributed by atoms with Crippen LogP contribution in [-0.2, 0) is 6.54 Å². The van der Waals surface area contributed by atoms with Crippen molar-refractivity contribution in [1.29, 1.82) is 0 Å². The van der Waals surface area contributed by atoms with Gasteiger partial charge in [0.05, 0.1) is 0 Å². The number of guanidine groups is 1. The van der Waals surface area contributed by atoms with Crippen LogP contribution < -0.4 is 5.32 Å². The highest BCUT2D eigenvalue weighted by Crippen LogP contribution is 2.06. The van der Waals surface area contributed by atoms with E-state index in [0.717, 1.165) is 45.2 Å². The highest BCUT2D eigenvalue weighted by molar-refractivity contribution is 5.80. The molecule has 0 saturated carbocycles. The Hall–Kier alpha value is -2.67. The zero-order chi connectivity index (χ0) is 18.9. The maximum Gasteiger partial charge on any atom is 0.223 e. The normalized spacial score (nSPS) is 16.2. The number of piperazine rings is 1. The minimum Gasteiger partial charge on any atom is -0.357 e. The van der Waals surface area contributed by atoms with Crippen LogP contribution in [0, 0.1) is 6.92 Å². The number of nitrogens with zero attached hydrogens (tertiary/aromatic N) is 5. The van der Waals surface area contributed by atoms with Crippen LogP contribution in [0.1, 0.15) is 24.2 Å². The number of aryl methyl sites for hydroxylation is 1. The van der Waals surface area contributed by atoms with Gasteiger partial charge in [-0.25, -0.2) is 4.99 Å². The molecule has 7 nitrogen and oxygen atoms in total. The van der Waals surface area contributed by atoms with Crippen LogP contribution in [0.3, 0.4) is 0 Å². The van der Waals surface area contributed by atoms with E-state index in [1.54, 1.807) is 6.92 Å². The van der Waals surface area contributed by atoms with E-state index >= 15 is 0 Å². The van der Waals surface area contributed by atoms with Gasteiger partial charge >= 0.3 is 0 Å². The van der Waals surface area contributed by atoms with Gasteiger partial charge in [-0.1, -0.05) is 47.6 Å². The molecule has 2 aromatic rings. The lowest BCUT2D eigenvalue weighted by Gasteiger charge is -2.36. The molecule has 1 fully saturated rings. The quantitative estimate of drug-likeness (QED) is 0.623. The molecule has 0 radical (unpaired) electrons. The fraction of sp³-hybridized carbons (Fsp3) is 0.450. The van der Waals surface area contributed by atoms with Crippen LogP contribution in [0.2, 0.25) is 0 Å². The lowest BCUT2D eigenvalue weighted by molar-refractivity contribution is 0.194. The van der Waals surface area contributed by atoms with E-state index in [4.69, 9.17) is 4.52 Å². The first kappa shape index (κ1) is 19.1. The molecule has 1 saturated heterocycles. The van der Waals surface area contributed by atoms with Crippen molar-refractivity contribution >= 4 is 12.0 Å². The van der Waals surface area contributed by atoms with Crippen molar-refractivity contribution in [3.63, 3.8) is 0 Å². The molecule has 0 spiro atoms. The Morgan fingerprint density at radius 1 is 1.22 bits per heavy atom. The van der Waals surface area contributed by atoms with Gasteiger partial charge in [-0.15, -0.1) is 0 Å². The van der Waals surface area contributed by atoms with Crippen LogP contribution in [0.25, 0.3) is 6.08 Å². The maximum absolute atomic E-state index is 5.01. The summed E-state index contributed by atoms with van der Waals surface area (Å²) in [5, 5.41) is 7.27. The second kappa shape index (κ2) is 9.87. The van der Waals surface area contributed by atoms with Gasteiger partial charge in [0, 0.05) is 46.2 Å². The summed E-state index contributed by atoms with van der Waals surface area (Å²) >= 11 is 0. The molecular weight excluding hydrogens is 340 g/mol. The largest absolute Gasteiger partial charge is 0.357 e. The van der Waals surface area contributed by atoms with Gasteiger partial charge in [-0.2, -0.15) is 4.98 Å². The van der Waals surface area contributed by atoms with Gasteiger partial charge in [0.1, 0.15) is 6.54 Å². The summed E-state index contributed by atoms with van der Waals surface area (Å²) in [6.45, 7) is 10.1. The van der Waals surface area contributed by atoms with Crippen molar-refractivity contribution in [2.75, 3.05) is 39.3 Å². The predicted molar refractivity (Wildman–Crippen MR) is 107 cm³/mol. The van der Waals surface area contributed by atoms with Gasteiger partial charge in [-0.3, -0.25) is 4.90 Å². The third-order valence-corrected chi connectivity index (χ3v) is 4.42. The number of nitrogens with one attached hydrogen (secondary N) is 1. The summed E-state index contributed by atoms with van der Waals surface area (Å²) in [6, 6.07) is 10.4. The molecule has 0 bridgehead atoms. The molecule has 1 aliphatic rings. The van der Waals surface area contributed by atoms with Crippen molar-refractivity contribution < 1.29 is 4.52 Å². The van der Waals surface area contributed by atoms with Crippen LogP contribution in [-0.4, -0.2) is 65.2 Å². The number of hydrogen-bond donors (Lipinski definition) is 1. The predicted octanol–water partition coefficient (Wildman–Crippen LogP) is 2.17. The Morgan fingerprint density at radius 2 is 2.00 bits per heavy atom. The highest BCUT2D eigenvalue weighted by Gasteiger charge is 2.18. The van der Waals surface area contributed by atoms with Crippen molar-refractivity contribution in [3.05, 3.63) is 53.7 Å². The van der Waals surface area contributed by atoms with Crippen molar-refractivity contribution in [2.24, 2.45) is 4.99 Å². The number of aromatic nitrogens is 2. The number of aliphatic imine (C=N–C) groups is 1. The van der Waals surface area contributed by atoms with E-state index in [9.17, 15) is 0 Å². The Kier molecular flexibility index (Phi) is 6.98. The van der Waals surface area contributed by atoms with E-state index in [2.05, 4.69) is 73.6 Å². The third kappa shape index (κ3) is 5.92. The minimum atomic E-state index is 0.430. The molecule has 0 unspecified atom stereocenters. The molecule has 3 rings (SSSR count). The number of benzene rings is 1. The molecule has 7 heteroatoms. The van der Waals surface area contributed by atoms with Gasteiger partial charge in [-0.05, 0) is 12.5 Å². The topological polar surface area (TPSA) is 69.8 Å². The molecular formula is C20H28N6O. The molecule has 27 heavy (non-hydrogen) atoms. The summed E-state index contributed by atoms with van der Waals surface area (Å²) in [6.07, 6.45) is 4.42. The molecule has 1 aliphatic heterocycles. The monoisotopic (exact) mass is 368 g/mol. The molecule has 0 aliphatic carbocycles. The van der Waals surface area contributed by atoms with Gasteiger partial charge < -0.3 is 14.7 Å². The maximum atomic E-state index is 5.01. The molecule has 0 amide bonds. The van der Waals surface area contributed by atoms with Gasteiger partial charge in [0.25, 0.3) is 0 Å². The van der Waals surface area contributed by atoms with E-state index < -0.39 is 0 Å². The summed E-state index contributed by atoms with van der Waals surface area (Å²) < 4.78 is 5.01. The zero-order valence-electron chi connectivity index (χ0n) is 16.1. The first-order valence-corrected chi connectivity index (χ1v) is 9.51. The molecule has 144 valence electrons. The van der Waals surface area contributed by atoms with E-state index in [1.165, 1.54) is 5.56 Å². The first-order valence-electron chi connectivity index (χ1n) is 9.51. The summed E-state index contributed by atoms with van der Waals surface area (Å²) in [5.41, 5.74) is 1.24.